The Bertz CT molecular complexity index is 537. The number of carbonyl (C=O) groups excluding carboxylic acids is 1. The van der Waals surface area contributed by atoms with Crippen LogP contribution in [0.15, 0.2) is 0 Å². The quantitative estimate of drug-likeness (QED) is 0.0609. The second kappa shape index (κ2) is 29.6. The Morgan fingerprint density at radius 2 is 1.02 bits per heavy atom. The van der Waals surface area contributed by atoms with Crippen LogP contribution in [-0.2, 0) is 23.7 Å². The Kier molecular flexibility index (Phi) is 29.0. The van der Waals surface area contributed by atoms with Crippen molar-refractivity contribution in [1.82, 2.24) is 0 Å². The lowest BCUT2D eigenvalue weighted by Gasteiger charge is -2.22. The second-order valence-corrected chi connectivity index (χ2v) is 10.7. The van der Waals surface area contributed by atoms with Gasteiger partial charge in [0.25, 0.3) is 0 Å². The first-order valence-electron chi connectivity index (χ1n) is 15.6. The summed E-state index contributed by atoms with van der Waals surface area (Å²) < 4.78 is 21.7. The van der Waals surface area contributed by atoms with Crippen LogP contribution in [0.1, 0.15) is 110 Å². The Morgan fingerprint density at radius 1 is 0.550 bits per heavy atom. The number of esters is 1. The maximum absolute atomic E-state index is 12.2. The maximum Gasteiger partial charge on any atom is 0.305 e. The summed E-state index contributed by atoms with van der Waals surface area (Å²) in [4.78, 5) is 12.2. The van der Waals surface area contributed by atoms with Crippen molar-refractivity contribution in [1.29, 1.82) is 0 Å². The maximum atomic E-state index is 12.2. The van der Waals surface area contributed by atoms with Crippen LogP contribution >= 0.6 is 0 Å². The number of unbranched alkanes of at least 4 members (excludes halogenated alkanes) is 14. The molecule has 4 atom stereocenters. The molecular weight excluding hydrogens is 520 g/mol. The third-order valence-corrected chi connectivity index (χ3v) is 6.70. The lowest BCUT2D eigenvalue weighted by atomic mass is 10.0. The topological polar surface area (TPSA) is 155 Å². The SMILES string of the molecule is CCCCCCCCCCCCCCCCCC(=O)OCC(COCC(O)CO)OCC(CO)OCC(O)CO. The first-order valence-corrected chi connectivity index (χ1v) is 15.6. The zero-order valence-electron chi connectivity index (χ0n) is 25.1. The number of carbonyl (C=O) groups is 1. The molecule has 0 heterocycles. The molecule has 10 nitrogen and oxygen atoms in total. The van der Waals surface area contributed by atoms with Gasteiger partial charge >= 0.3 is 5.97 Å². The molecule has 40 heavy (non-hydrogen) atoms. The number of hydrogen-bond acceptors (Lipinski definition) is 10. The van der Waals surface area contributed by atoms with Crippen LogP contribution in [0, 0.1) is 0 Å². The molecule has 0 aliphatic carbocycles. The Labute approximate surface area is 242 Å². The van der Waals surface area contributed by atoms with E-state index in [-0.39, 0.29) is 45.6 Å². The van der Waals surface area contributed by atoms with Gasteiger partial charge in [0.15, 0.2) is 0 Å². The Morgan fingerprint density at radius 3 is 1.52 bits per heavy atom. The van der Waals surface area contributed by atoms with E-state index in [0.29, 0.717) is 6.42 Å². The molecule has 10 heteroatoms. The summed E-state index contributed by atoms with van der Waals surface area (Å²) in [5, 5.41) is 46.1. The van der Waals surface area contributed by atoms with Gasteiger partial charge in [-0.1, -0.05) is 96.8 Å². The van der Waals surface area contributed by atoms with Gasteiger partial charge in [-0.15, -0.1) is 0 Å². The normalized spacial score (nSPS) is 14.7. The van der Waals surface area contributed by atoms with E-state index in [0.717, 1.165) is 19.3 Å². The molecule has 240 valence electrons. The highest BCUT2D eigenvalue weighted by Crippen LogP contribution is 2.14. The minimum Gasteiger partial charge on any atom is -0.463 e. The summed E-state index contributed by atoms with van der Waals surface area (Å²) >= 11 is 0. The molecule has 0 saturated heterocycles. The molecule has 0 aromatic carbocycles. The Hall–Kier alpha value is -0.850. The molecule has 0 aromatic rings. The van der Waals surface area contributed by atoms with E-state index in [1.165, 1.54) is 77.0 Å². The van der Waals surface area contributed by atoms with Crippen molar-refractivity contribution in [3.63, 3.8) is 0 Å². The van der Waals surface area contributed by atoms with Gasteiger partial charge in [-0.05, 0) is 6.42 Å². The van der Waals surface area contributed by atoms with E-state index in [9.17, 15) is 20.1 Å². The van der Waals surface area contributed by atoms with Crippen molar-refractivity contribution in [2.24, 2.45) is 0 Å². The summed E-state index contributed by atoms with van der Waals surface area (Å²) in [6, 6.07) is 0. The van der Waals surface area contributed by atoms with Crippen molar-refractivity contribution >= 4 is 5.97 Å². The zero-order valence-corrected chi connectivity index (χ0v) is 25.1. The zero-order chi connectivity index (χ0) is 29.7. The van der Waals surface area contributed by atoms with Crippen molar-refractivity contribution in [3.8, 4) is 0 Å². The molecule has 0 aliphatic heterocycles. The third kappa shape index (κ3) is 26.1. The van der Waals surface area contributed by atoms with Crippen LogP contribution in [0.5, 0.6) is 0 Å². The fourth-order valence-electron chi connectivity index (χ4n) is 4.13. The molecule has 0 aromatic heterocycles. The molecule has 5 N–H and O–H groups in total. The molecule has 4 unspecified atom stereocenters. The summed E-state index contributed by atoms with van der Waals surface area (Å²) in [7, 11) is 0. The number of aliphatic hydroxyl groups excluding tert-OH is 5. The van der Waals surface area contributed by atoms with E-state index in [2.05, 4.69) is 6.92 Å². The van der Waals surface area contributed by atoms with E-state index in [4.69, 9.17) is 29.2 Å². The summed E-state index contributed by atoms with van der Waals surface area (Å²) in [6.07, 6.45) is 15.7. The molecular formula is C30H60O10. The first kappa shape index (κ1) is 39.1. The number of hydrogen-bond donors (Lipinski definition) is 5. The predicted octanol–water partition coefficient (Wildman–Crippen LogP) is 3.28. The minimum atomic E-state index is -1.06. The number of ether oxygens (including phenoxy) is 4. The molecule has 0 radical (unpaired) electrons. The average Bonchev–Trinajstić information content (AvgIpc) is 2.96. The van der Waals surface area contributed by atoms with E-state index < -0.39 is 37.6 Å². The van der Waals surface area contributed by atoms with Gasteiger partial charge in [0.05, 0.1) is 46.2 Å². The van der Waals surface area contributed by atoms with Crippen molar-refractivity contribution in [3.05, 3.63) is 0 Å². The van der Waals surface area contributed by atoms with Crippen LogP contribution in [0.25, 0.3) is 0 Å². The van der Waals surface area contributed by atoms with Crippen molar-refractivity contribution < 1.29 is 49.3 Å². The van der Waals surface area contributed by atoms with Gasteiger partial charge < -0.3 is 44.5 Å². The van der Waals surface area contributed by atoms with Crippen LogP contribution < -0.4 is 0 Å². The van der Waals surface area contributed by atoms with Gasteiger partial charge in [0.1, 0.15) is 31.0 Å². The standard InChI is InChI=1S/C30H60O10/c1-2-3-4-5-6-7-8-9-10-11-12-13-14-15-16-17-30(36)40-25-29(23-37-21-26(34)18-31)39-24-28(20-33)38-22-27(35)19-32/h26-29,31-35H,2-25H2,1H3. The average molecular weight is 581 g/mol. The largest absolute Gasteiger partial charge is 0.463 e. The van der Waals surface area contributed by atoms with Crippen LogP contribution in [-0.4, -0.2) is 109 Å². The van der Waals surface area contributed by atoms with Crippen molar-refractivity contribution in [2.45, 2.75) is 134 Å². The molecule has 0 fully saturated rings. The summed E-state index contributed by atoms with van der Waals surface area (Å²) in [6.45, 7) is 0.602. The predicted molar refractivity (Wildman–Crippen MR) is 154 cm³/mol. The summed E-state index contributed by atoms with van der Waals surface area (Å²) in [5.74, 6) is -0.320. The molecule has 0 rings (SSSR count). The number of rotatable bonds is 31. The molecule has 0 bridgehead atoms. The highest BCUT2D eigenvalue weighted by molar-refractivity contribution is 5.69. The smallest absolute Gasteiger partial charge is 0.305 e. The summed E-state index contributed by atoms with van der Waals surface area (Å²) in [5.41, 5.74) is 0. The lowest BCUT2D eigenvalue weighted by molar-refractivity contribution is -0.154. The van der Waals surface area contributed by atoms with Crippen LogP contribution in [0.3, 0.4) is 0 Å². The molecule has 0 amide bonds. The van der Waals surface area contributed by atoms with Gasteiger partial charge in [0, 0.05) is 6.42 Å². The van der Waals surface area contributed by atoms with Gasteiger partial charge in [-0.2, -0.15) is 0 Å². The van der Waals surface area contributed by atoms with E-state index in [1.54, 1.807) is 0 Å². The molecule has 0 aliphatic rings. The molecule has 0 saturated carbocycles. The van der Waals surface area contributed by atoms with E-state index in [1.807, 2.05) is 0 Å². The monoisotopic (exact) mass is 580 g/mol. The van der Waals surface area contributed by atoms with Gasteiger partial charge in [-0.25, -0.2) is 0 Å². The van der Waals surface area contributed by atoms with Crippen LogP contribution in [0.4, 0.5) is 0 Å². The van der Waals surface area contributed by atoms with Crippen molar-refractivity contribution in [2.75, 3.05) is 52.9 Å². The highest BCUT2D eigenvalue weighted by Gasteiger charge is 2.18. The molecule has 0 spiro atoms. The van der Waals surface area contributed by atoms with Gasteiger partial charge in [0.2, 0.25) is 0 Å². The Balaban J connectivity index is 4.01. The number of aliphatic hydroxyl groups is 5. The fraction of sp³-hybridized carbons (Fsp3) is 0.967. The lowest BCUT2D eigenvalue weighted by Crippen LogP contribution is -2.35. The highest BCUT2D eigenvalue weighted by atomic mass is 16.6. The third-order valence-electron chi connectivity index (χ3n) is 6.70. The first-order chi connectivity index (χ1) is 19.5. The van der Waals surface area contributed by atoms with E-state index >= 15 is 0 Å². The van der Waals surface area contributed by atoms with Gasteiger partial charge in [-0.3, -0.25) is 4.79 Å². The van der Waals surface area contributed by atoms with Crippen LogP contribution in [0.2, 0.25) is 0 Å². The minimum absolute atomic E-state index is 0.000707. The second-order valence-electron chi connectivity index (χ2n) is 10.7. The fourth-order valence-corrected chi connectivity index (χ4v) is 4.13.